The summed E-state index contributed by atoms with van der Waals surface area (Å²) < 4.78 is 5.74. The molecule has 0 aliphatic carbocycles. The first-order chi connectivity index (χ1) is 8.79. The zero-order valence-corrected chi connectivity index (χ0v) is 10.7. The summed E-state index contributed by atoms with van der Waals surface area (Å²) in [4.78, 5) is 6.46. The Balaban J connectivity index is 1.98. The quantitative estimate of drug-likeness (QED) is 0.847. The summed E-state index contributed by atoms with van der Waals surface area (Å²) in [7, 11) is 2.04. The lowest BCUT2D eigenvalue weighted by atomic mass is 10.2. The lowest BCUT2D eigenvalue weighted by Crippen LogP contribution is -2.21. The highest BCUT2D eigenvalue weighted by Gasteiger charge is 2.08. The fraction of sp³-hybridized carbons (Fsp3) is 0.357. The minimum absolute atomic E-state index is 0.713. The van der Waals surface area contributed by atoms with Crippen molar-refractivity contribution in [3.05, 3.63) is 42.4 Å². The molecule has 0 atom stereocenters. The second-order valence-electron chi connectivity index (χ2n) is 4.36. The number of hydrogen-bond acceptors (Lipinski definition) is 4. The summed E-state index contributed by atoms with van der Waals surface area (Å²) in [6.07, 6.45) is 2.77. The molecule has 0 spiro atoms. The third kappa shape index (κ3) is 3.42. The molecule has 4 heteroatoms. The smallest absolute Gasteiger partial charge is 0.209 e. The number of benzene rings is 1. The SMILES string of the molecule is CN(CCCN)Cc1ncc(-c2ccccc2)o1. The molecular formula is C14H19N3O. The van der Waals surface area contributed by atoms with Crippen LogP contribution in [0.3, 0.4) is 0 Å². The van der Waals surface area contributed by atoms with Crippen molar-refractivity contribution in [1.82, 2.24) is 9.88 Å². The fourth-order valence-corrected chi connectivity index (χ4v) is 1.79. The first kappa shape index (κ1) is 12.8. The van der Waals surface area contributed by atoms with Crippen LogP contribution in [0, 0.1) is 0 Å². The molecule has 0 saturated heterocycles. The molecule has 0 aliphatic rings. The van der Waals surface area contributed by atoms with Crippen LogP contribution in [0.2, 0.25) is 0 Å². The van der Waals surface area contributed by atoms with Gasteiger partial charge in [-0.15, -0.1) is 0 Å². The van der Waals surface area contributed by atoms with Crippen molar-refractivity contribution in [2.45, 2.75) is 13.0 Å². The van der Waals surface area contributed by atoms with Crippen molar-refractivity contribution in [3.8, 4) is 11.3 Å². The highest BCUT2D eigenvalue weighted by molar-refractivity contribution is 5.55. The molecule has 4 nitrogen and oxygen atoms in total. The Labute approximate surface area is 107 Å². The van der Waals surface area contributed by atoms with Crippen molar-refractivity contribution in [3.63, 3.8) is 0 Å². The number of nitrogens with zero attached hydrogens (tertiary/aromatic N) is 2. The summed E-state index contributed by atoms with van der Waals surface area (Å²) in [5, 5.41) is 0. The molecule has 96 valence electrons. The maximum absolute atomic E-state index is 5.74. The van der Waals surface area contributed by atoms with Gasteiger partial charge in [0.15, 0.2) is 5.76 Å². The molecule has 1 aromatic carbocycles. The van der Waals surface area contributed by atoms with E-state index in [1.165, 1.54) is 0 Å². The highest BCUT2D eigenvalue weighted by Crippen LogP contribution is 2.20. The minimum atomic E-state index is 0.713. The number of nitrogens with two attached hydrogens (primary N) is 1. The van der Waals surface area contributed by atoms with Gasteiger partial charge in [-0.3, -0.25) is 4.90 Å². The van der Waals surface area contributed by atoms with Gasteiger partial charge in [-0.2, -0.15) is 0 Å². The van der Waals surface area contributed by atoms with Crippen LogP contribution in [0.15, 0.2) is 40.9 Å². The van der Waals surface area contributed by atoms with E-state index in [2.05, 4.69) is 9.88 Å². The van der Waals surface area contributed by atoms with Gasteiger partial charge in [0.2, 0.25) is 5.89 Å². The van der Waals surface area contributed by atoms with Gasteiger partial charge in [-0.05, 0) is 26.6 Å². The lowest BCUT2D eigenvalue weighted by Gasteiger charge is -2.13. The first-order valence-corrected chi connectivity index (χ1v) is 6.18. The summed E-state index contributed by atoms with van der Waals surface area (Å²) in [6.45, 7) is 2.39. The molecule has 0 bridgehead atoms. The molecule has 1 aromatic heterocycles. The lowest BCUT2D eigenvalue weighted by molar-refractivity contribution is 0.288. The molecule has 0 amide bonds. The Morgan fingerprint density at radius 2 is 2.06 bits per heavy atom. The standard InChI is InChI=1S/C14H19N3O/c1-17(9-5-8-15)11-14-16-10-13(18-14)12-6-3-2-4-7-12/h2-4,6-7,10H,5,8-9,11,15H2,1H3. The van der Waals surface area contributed by atoms with Crippen LogP contribution in [-0.2, 0) is 6.54 Å². The molecule has 0 unspecified atom stereocenters. The van der Waals surface area contributed by atoms with E-state index >= 15 is 0 Å². The van der Waals surface area contributed by atoms with E-state index in [1.54, 1.807) is 6.20 Å². The Bertz CT molecular complexity index is 467. The van der Waals surface area contributed by atoms with Crippen LogP contribution in [0.5, 0.6) is 0 Å². The molecule has 0 aliphatic heterocycles. The number of rotatable bonds is 6. The molecule has 18 heavy (non-hydrogen) atoms. The topological polar surface area (TPSA) is 55.3 Å². The molecule has 0 saturated carbocycles. The van der Waals surface area contributed by atoms with E-state index in [0.29, 0.717) is 13.1 Å². The molecule has 2 rings (SSSR count). The summed E-state index contributed by atoms with van der Waals surface area (Å²) in [5.74, 6) is 1.56. The number of hydrogen-bond donors (Lipinski definition) is 1. The normalized spacial score (nSPS) is 11.1. The molecule has 2 aromatic rings. The second kappa shape index (κ2) is 6.33. The summed E-state index contributed by atoms with van der Waals surface area (Å²) in [6, 6.07) is 10.0. The summed E-state index contributed by atoms with van der Waals surface area (Å²) in [5.41, 5.74) is 6.54. The Hall–Kier alpha value is -1.65. The third-order valence-electron chi connectivity index (χ3n) is 2.76. The predicted octanol–water partition coefficient (Wildman–Crippen LogP) is 2.12. The fourth-order valence-electron chi connectivity index (χ4n) is 1.79. The maximum Gasteiger partial charge on any atom is 0.209 e. The second-order valence-corrected chi connectivity index (χ2v) is 4.36. The van der Waals surface area contributed by atoms with Gasteiger partial charge in [0, 0.05) is 5.56 Å². The van der Waals surface area contributed by atoms with Gasteiger partial charge in [-0.1, -0.05) is 30.3 Å². The van der Waals surface area contributed by atoms with Gasteiger partial charge in [0.05, 0.1) is 12.7 Å². The van der Waals surface area contributed by atoms with Crippen molar-refractivity contribution in [1.29, 1.82) is 0 Å². The van der Waals surface area contributed by atoms with E-state index in [1.807, 2.05) is 37.4 Å². The van der Waals surface area contributed by atoms with E-state index in [0.717, 1.165) is 30.2 Å². The average molecular weight is 245 g/mol. The monoisotopic (exact) mass is 245 g/mol. The van der Waals surface area contributed by atoms with Crippen molar-refractivity contribution < 1.29 is 4.42 Å². The molecule has 0 fully saturated rings. The van der Waals surface area contributed by atoms with E-state index < -0.39 is 0 Å². The van der Waals surface area contributed by atoms with E-state index in [-0.39, 0.29) is 0 Å². The largest absolute Gasteiger partial charge is 0.439 e. The van der Waals surface area contributed by atoms with Crippen LogP contribution in [0.1, 0.15) is 12.3 Å². The Kier molecular flexibility index (Phi) is 4.50. The van der Waals surface area contributed by atoms with E-state index in [9.17, 15) is 0 Å². The minimum Gasteiger partial charge on any atom is -0.439 e. The van der Waals surface area contributed by atoms with Crippen LogP contribution in [-0.4, -0.2) is 30.0 Å². The van der Waals surface area contributed by atoms with Gasteiger partial charge in [0.1, 0.15) is 0 Å². The van der Waals surface area contributed by atoms with Crippen molar-refractivity contribution >= 4 is 0 Å². The first-order valence-electron chi connectivity index (χ1n) is 6.18. The zero-order valence-electron chi connectivity index (χ0n) is 10.7. The predicted molar refractivity (Wildman–Crippen MR) is 71.9 cm³/mol. The van der Waals surface area contributed by atoms with Gasteiger partial charge < -0.3 is 10.2 Å². The van der Waals surface area contributed by atoms with Crippen molar-refractivity contribution in [2.24, 2.45) is 5.73 Å². The third-order valence-corrected chi connectivity index (χ3v) is 2.76. The molecule has 2 N–H and O–H groups in total. The van der Waals surface area contributed by atoms with Crippen LogP contribution >= 0.6 is 0 Å². The number of aromatic nitrogens is 1. The molecule has 0 radical (unpaired) electrons. The van der Waals surface area contributed by atoms with E-state index in [4.69, 9.17) is 10.2 Å². The van der Waals surface area contributed by atoms with Gasteiger partial charge in [0.25, 0.3) is 0 Å². The summed E-state index contributed by atoms with van der Waals surface area (Å²) >= 11 is 0. The zero-order chi connectivity index (χ0) is 12.8. The Morgan fingerprint density at radius 3 is 2.78 bits per heavy atom. The average Bonchev–Trinajstić information content (AvgIpc) is 2.86. The highest BCUT2D eigenvalue weighted by atomic mass is 16.4. The van der Waals surface area contributed by atoms with Gasteiger partial charge in [-0.25, -0.2) is 4.98 Å². The maximum atomic E-state index is 5.74. The Morgan fingerprint density at radius 1 is 1.28 bits per heavy atom. The molecular weight excluding hydrogens is 226 g/mol. The number of oxazole rings is 1. The van der Waals surface area contributed by atoms with Crippen LogP contribution in [0.25, 0.3) is 11.3 Å². The van der Waals surface area contributed by atoms with Crippen LogP contribution in [0.4, 0.5) is 0 Å². The van der Waals surface area contributed by atoms with Crippen LogP contribution < -0.4 is 5.73 Å². The van der Waals surface area contributed by atoms with Crippen molar-refractivity contribution in [2.75, 3.05) is 20.1 Å². The van der Waals surface area contributed by atoms with Gasteiger partial charge >= 0.3 is 0 Å². The molecule has 1 heterocycles.